The minimum atomic E-state index is -1.82. The number of carbonyl (C=O) groups excluding carboxylic acids is 2. The Balaban J connectivity index is 0.00000384. The fraction of sp³-hybridized carbons (Fsp3) is 0.529. The van der Waals surface area contributed by atoms with Gasteiger partial charge in [-0.25, -0.2) is 9.59 Å². The van der Waals surface area contributed by atoms with Crippen LogP contribution < -0.4 is 10.3 Å². The lowest BCUT2D eigenvalue weighted by Crippen LogP contribution is -2.48. The van der Waals surface area contributed by atoms with E-state index < -0.39 is 11.6 Å². The van der Waals surface area contributed by atoms with Crippen molar-refractivity contribution in [2.75, 3.05) is 26.2 Å². The van der Waals surface area contributed by atoms with E-state index in [0.29, 0.717) is 36.9 Å². The second-order valence-corrected chi connectivity index (χ2v) is 11.9. The number of piperidine rings is 2. The molecule has 0 radical (unpaired) electrons. The minimum absolute atomic E-state index is 0. The van der Waals surface area contributed by atoms with E-state index in [2.05, 4.69) is 9.88 Å². The molecule has 1 atom stereocenters. The Labute approximate surface area is 258 Å². The summed E-state index contributed by atoms with van der Waals surface area (Å²) in [4.78, 5) is 47.7. The molecule has 0 spiro atoms. The quantitative estimate of drug-likeness (QED) is 0.401. The standard InChI is InChI=1S/C33H40N4O6.CH4/c1-3-25-22(20-37-17-12-28-27(30(37)38)21-42-31(39)33(28,41)4-2)19-34-29-9-8-24(18-26(25)29)43-32(40)36-15-10-23(11-16-36)35-13-6-5-7-14-35;/h8-9,12,17-19,23,41H,3-7,10-11,13-16,20-21H2,1-2H3;1H4/t33-;/m0./s1. The smallest absolute Gasteiger partial charge is 0.415 e. The summed E-state index contributed by atoms with van der Waals surface area (Å²) in [6.45, 7) is 7.54. The van der Waals surface area contributed by atoms with E-state index in [4.69, 9.17) is 9.47 Å². The SMILES string of the molecule is C.CCc1c(Cn2ccc3c(c2=O)COC(=O)[C@]3(O)CC)cnc2ccc(OC(=O)N3CCC(N4CCCCC4)CC3)cc12. The van der Waals surface area contributed by atoms with Crippen molar-refractivity contribution >= 4 is 23.0 Å². The van der Waals surface area contributed by atoms with Gasteiger partial charge in [-0.05, 0) is 87.0 Å². The monoisotopic (exact) mass is 604 g/mol. The van der Waals surface area contributed by atoms with Crippen LogP contribution >= 0.6 is 0 Å². The van der Waals surface area contributed by atoms with Crippen LogP contribution in [0.1, 0.15) is 82.1 Å². The van der Waals surface area contributed by atoms with Crippen LogP contribution in [0.15, 0.2) is 41.5 Å². The van der Waals surface area contributed by atoms with Gasteiger partial charge in [-0.2, -0.15) is 0 Å². The number of benzene rings is 1. The molecule has 2 saturated heterocycles. The number of carbonyl (C=O) groups is 2. The van der Waals surface area contributed by atoms with Crippen molar-refractivity contribution < 1.29 is 24.2 Å². The van der Waals surface area contributed by atoms with Crippen LogP contribution in [0.25, 0.3) is 10.9 Å². The number of fused-ring (bicyclic) bond motifs is 2. The Kier molecular flexibility index (Phi) is 9.41. The summed E-state index contributed by atoms with van der Waals surface area (Å²) in [5.41, 5.74) is 1.10. The first-order chi connectivity index (χ1) is 20.8. The summed E-state index contributed by atoms with van der Waals surface area (Å²) in [5.74, 6) is -0.263. The van der Waals surface area contributed by atoms with E-state index >= 15 is 0 Å². The molecule has 2 fully saturated rings. The number of aliphatic hydroxyl groups is 1. The second-order valence-electron chi connectivity index (χ2n) is 11.9. The largest absolute Gasteiger partial charge is 0.458 e. The van der Waals surface area contributed by atoms with Gasteiger partial charge < -0.3 is 28.9 Å². The maximum absolute atomic E-state index is 13.4. The highest BCUT2D eigenvalue weighted by Crippen LogP contribution is 2.33. The number of pyridine rings is 2. The maximum Gasteiger partial charge on any atom is 0.415 e. The summed E-state index contributed by atoms with van der Waals surface area (Å²) in [6.07, 6.45) is 9.65. The summed E-state index contributed by atoms with van der Waals surface area (Å²) in [6, 6.07) is 7.68. The van der Waals surface area contributed by atoms with Gasteiger partial charge in [-0.3, -0.25) is 9.78 Å². The molecule has 10 heteroatoms. The molecule has 5 heterocycles. The topological polar surface area (TPSA) is 114 Å². The molecule has 2 aromatic heterocycles. The van der Waals surface area contributed by atoms with Gasteiger partial charge in [0.05, 0.1) is 17.6 Å². The summed E-state index contributed by atoms with van der Waals surface area (Å²) >= 11 is 0. The van der Waals surface area contributed by atoms with Crippen molar-refractivity contribution in [1.82, 2.24) is 19.4 Å². The lowest BCUT2D eigenvalue weighted by atomic mass is 9.87. The minimum Gasteiger partial charge on any atom is -0.458 e. The number of esters is 1. The van der Waals surface area contributed by atoms with Gasteiger partial charge in [0.2, 0.25) is 0 Å². The number of rotatable bonds is 6. The van der Waals surface area contributed by atoms with Crippen molar-refractivity contribution in [1.29, 1.82) is 0 Å². The molecule has 6 rings (SSSR count). The van der Waals surface area contributed by atoms with Gasteiger partial charge in [-0.15, -0.1) is 0 Å². The molecule has 1 aromatic carbocycles. The van der Waals surface area contributed by atoms with Crippen molar-refractivity contribution in [3.63, 3.8) is 0 Å². The molecule has 0 unspecified atom stereocenters. The van der Waals surface area contributed by atoms with E-state index in [9.17, 15) is 19.5 Å². The number of aromatic nitrogens is 2. The van der Waals surface area contributed by atoms with Crippen LogP contribution in [0, 0.1) is 0 Å². The predicted octanol–water partition coefficient (Wildman–Crippen LogP) is 4.75. The third kappa shape index (κ3) is 5.85. The third-order valence-electron chi connectivity index (χ3n) is 9.48. The fourth-order valence-electron chi connectivity index (χ4n) is 6.91. The van der Waals surface area contributed by atoms with Crippen molar-refractivity contribution in [3.8, 4) is 5.75 Å². The molecule has 10 nitrogen and oxygen atoms in total. The van der Waals surface area contributed by atoms with Crippen molar-refractivity contribution in [2.24, 2.45) is 0 Å². The average molecular weight is 605 g/mol. The van der Waals surface area contributed by atoms with Gasteiger partial charge in [0, 0.05) is 42.5 Å². The third-order valence-corrected chi connectivity index (χ3v) is 9.48. The van der Waals surface area contributed by atoms with E-state index in [1.54, 1.807) is 40.9 Å². The molecule has 236 valence electrons. The molecular formula is C34H44N4O6. The highest BCUT2D eigenvalue weighted by atomic mass is 16.6. The van der Waals surface area contributed by atoms with Crippen LogP contribution in [0.4, 0.5) is 4.79 Å². The van der Waals surface area contributed by atoms with E-state index in [-0.39, 0.29) is 44.2 Å². The molecule has 3 aliphatic heterocycles. The molecule has 3 aromatic rings. The first-order valence-electron chi connectivity index (χ1n) is 15.6. The summed E-state index contributed by atoms with van der Waals surface area (Å²) in [5, 5.41) is 11.7. The fourth-order valence-corrected chi connectivity index (χ4v) is 6.91. The van der Waals surface area contributed by atoms with Crippen molar-refractivity contribution in [2.45, 2.75) is 91.0 Å². The number of likely N-dealkylation sites (tertiary alicyclic amines) is 2. The van der Waals surface area contributed by atoms with Crippen LogP contribution in [-0.2, 0) is 34.7 Å². The highest BCUT2D eigenvalue weighted by Gasteiger charge is 2.44. The van der Waals surface area contributed by atoms with E-state index in [0.717, 1.165) is 34.9 Å². The van der Waals surface area contributed by atoms with Gasteiger partial charge >= 0.3 is 12.1 Å². The molecular weight excluding hydrogens is 560 g/mol. The average Bonchev–Trinajstić information content (AvgIpc) is 3.04. The maximum atomic E-state index is 13.4. The summed E-state index contributed by atoms with van der Waals surface area (Å²) < 4.78 is 12.6. The number of hydrogen-bond acceptors (Lipinski definition) is 8. The van der Waals surface area contributed by atoms with Crippen molar-refractivity contribution in [3.05, 3.63) is 69.3 Å². The normalized spacial score (nSPS) is 21.0. The summed E-state index contributed by atoms with van der Waals surface area (Å²) in [7, 11) is 0. The Bertz CT molecular complexity index is 1590. The molecule has 1 amide bonds. The van der Waals surface area contributed by atoms with E-state index in [1.807, 2.05) is 19.1 Å². The van der Waals surface area contributed by atoms with Crippen LogP contribution in [0.3, 0.4) is 0 Å². The lowest BCUT2D eigenvalue weighted by Gasteiger charge is -2.39. The van der Waals surface area contributed by atoms with Gasteiger partial charge in [0.1, 0.15) is 12.4 Å². The molecule has 44 heavy (non-hydrogen) atoms. The lowest BCUT2D eigenvalue weighted by molar-refractivity contribution is -0.172. The van der Waals surface area contributed by atoms with Crippen LogP contribution in [0.2, 0.25) is 0 Å². The predicted molar refractivity (Wildman–Crippen MR) is 168 cm³/mol. The number of hydrogen-bond donors (Lipinski definition) is 1. The molecule has 0 aliphatic carbocycles. The molecule has 3 aliphatic rings. The number of ether oxygens (including phenoxy) is 2. The van der Waals surface area contributed by atoms with Crippen LogP contribution in [0.5, 0.6) is 5.75 Å². The Morgan fingerprint density at radius 2 is 1.84 bits per heavy atom. The van der Waals surface area contributed by atoms with Gasteiger partial charge in [0.25, 0.3) is 5.56 Å². The zero-order chi connectivity index (χ0) is 30.1. The number of cyclic esters (lactones) is 1. The highest BCUT2D eigenvalue weighted by molar-refractivity contribution is 5.85. The Morgan fingerprint density at radius 1 is 1.09 bits per heavy atom. The zero-order valence-electron chi connectivity index (χ0n) is 25.0. The Morgan fingerprint density at radius 3 is 2.55 bits per heavy atom. The first kappa shape index (κ1) is 31.7. The van der Waals surface area contributed by atoms with Gasteiger partial charge in [-0.1, -0.05) is 27.7 Å². The second kappa shape index (κ2) is 13.1. The Hall–Kier alpha value is -3.76. The van der Waals surface area contributed by atoms with Gasteiger partial charge in [0.15, 0.2) is 5.60 Å². The number of nitrogens with zero attached hydrogens (tertiary/aromatic N) is 4. The molecule has 1 N–H and O–H groups in total. The molecule has 0 bridgehead atoms. The zero-order valence-corrected chi connectivity index (χ0v) is 25.0. The first-order valence-corrected chi connectivity index (χ1v) is 15.6. The van der Waals surface area contributed by atoms with E-state index in [1.165, 1.54) is 32.4 Å². The number of aryl methyl sites for hydroxylation is 1. The number of amides is 1. The van der Waals surface area contributed by atoms with Crippen LogP contribution in [-0.4, -0.2) is 68.7 Å². The molecule has 0 saturated carbocycles.